The number of nitrogens with one attached hydrogen (secondary N) is 2. The van der Waals surface area contributed by atoms with Crippen molar-refractivity contribution in [2.24, 2.45) is 0 Å². The lowest BCUT2D eigenvalue weighted by molar-refractivity contribution is 0.0947. The van der Waals surface area contributed by atoms with Gasteiger partial charge in [-0.1, -0.05) is 23.2 Å². The predicted octanol–water partition coefficient (Wildman–Crippen LogP) is 4.16. The van der Waals surface area contributed by atoms with Crippen LogP contribution in [0.15, 0.2) is 59.5 Å². The summed E-state index contributed by atoms with van der Waals surface area (Å²) in [6.45, 7) is 0.239. The minimum atomic E-state index is -0.434. The highest BCUT2D eigenvalue weighted by Crippen LogP contribution is 2.23. The van der Waals surface area contributed by atoms with Crippen LogP contribution in [0.1, 0.15) is 26.5 Å². The Bertz CT molecular complexity index is 922. The van der Waals surface area contributed by atoms with E-state index in [2.05, 4.69) is 15.6 Å². The molecule has 2 heterocycles. The fourth-order valence-electron chi connectivity index (χ4n) is 2.20. The largest absolute Gasteiger partial charge is 0.467 e. The number of nitrogens with zero attached hydrogens (tertiary/aromatic N) is 1. The minimum absolute atomic E-state index is 0.228. The topological polar surface area (TPSA) is 84.2 Å². The lowest BCUT2D eigenvalue weighted by Gasteiger charge is -2.08. The number of carbonyl (C=O) groups is 2. The fraction of sp³-hybridized carbons (Fsp3) is 0.0556. The van der Waals surface area contributed by atoms with E-state index < -0.39 is 5.91 Å². The average molecular weight is 390 g/mol. The zero-order chi connectivity index (χ0) is 18.5. The van der Waals surface area contributed by atoms with Gasteiger partial charge in [0.15, 0.2) is 0 Å². The van der Waals surface area contributed by atoms with Crippen LogP contribution < -0.4 is 10.6 Å². The first-order chi connectivity index (χ1) is 12.5. The Morgan fingerprint density at radius 2 is 1.69 bits per heavy atom. The molecule has 0 atom stereocenters. The van der Waals surface area contributed by atoms with E-state index in [0.717, 1.165) is 0 Å². The molecule has 0 unspecified atom stereocenters. The number of amides is 2. The molecular formula is C18H13Cl2N3O3. The van der Waals surface area contributed by atoms with Crippen molar-refractivity contribution in [2.45, 2.75) is 6.54 Å². The number of rotatable bonds is 5. The van der Waals surface area contributed by atoms with Crippen molar-refractivity contribution < 1.29 is 14.0 Å². The summed E-state index contributed by atoms with van der Waals surface area (Å²) in [4.78, 5) is 28.5. The molecule has 0 aliphatic carbocycles. The highest BCUT2D eigenvalue weighted by atomic mass is 35.5. The summed E-state index contributed by atoms with van der Waals surface area (Å²) in [6, 6.07) is 9.63. The third kappa shape index (κ3) is 4.62. The molecule has 3 rings (SSSR count). The Morgan fingerprint density at radius 1 is 1.00 bits per heavy atom. The molecule has 0 aliphatic rings. The first-order valence-corrected chi connectivity index (χ1v) is 8.30. The molecule has 6 nitrogen and oxygen atoms in total. The van der Waals surface area contributed by atoms with Crippen molar-refractivity contribution in [3.8, 4) is 0 Å². The second kappa shape index (κ2) is 8.03. The Labute approximate surface area is 159 Å². The van der Waals surface area contributed by atoms with Crippen LogP contribution in [0.5, 0.6) is 0 Å². The van der Waals surface area contributed by atoms with Gasteiger partial charge in [-0.05, 0) is 36.4 Å². The summed E-state index contributed by atoms with van der Waals surface area (Å²) in [6.07, 6.45) is 4.27. The highest BCUT2D eigenvalue weighted by molar-refractivity contribution is 6.35. The number of hydrogen-bond acceptors (Lipinski definition) is 4. The van der Waals surface area contributed by atoms with Crippen LogP contribution in [0.25, 0.3) is 0 Å². The Balaban J connectivity index is 1.69. The van der Waals surface area contributed by atoms with Crippen LogP contribution in [0.4, 0.5) is 5.69 Å². The maximum Gasteiger partial charge on any atom is 0.257 e. The van der Waals surface area contributed by atoms with Gasteiger partial charge in [-0.2, -0.15) is 0 Å². The lowest BCUT2D eigenvalue weighted by atomic mass is 10.2. The maximum atomic E-state index is 12.4. The molecule has 2 aromatic heterocycles. The SMILES string of the molecule is O=C(NCc1ccco1)c1cncc(C(=O)Nc2cc(Cl)cc(Cl)c2)c1. The van der Waals surface area contributed by atoms with Crippen molar-refractivity contribution in [1.82, 2.24) is 10.3 Å². The molecule has 1 aromatic carbocycles. The average Bonchev–Trinajstić information content (AvgIpc) is 3.12. The quantitative estimate of drug-likeness (QED) is 0.685. The van der Waals surface area contributed by atoms with E-state index in [0.29, 0.717) is 21.5 Å². The summed E-state index contributed by atoms with van der Waals surface area (Å²) < 4.78 is 5.15. The third-order valence-corrected chi connectivity index (χ3v) is 3.82. The van der Waals surface area contributed by atoms with Crippen LogP contribution >= 0.6 is 23.2 Å². The normalized spacial score (nSPS) is 10.4. The number of pyridine rings is 1. The summed E-state index contributed by atoms with van der Waals surface area (Å²) >= 11 is 11.8. The summed E-state index contributed by atoms with van der Waals surface area (Å²) in [5.74, 6) is -0.177. The van der Waals surface area contributed by atoms with E-state index in [1.54, 1.807) is 30.3 Å². The molecule has 0 saturated carbocycles. The van der Waals surface area contributed by atoms with Crippen molar-refractivity contribution in [1.29, 1.82) is 0 Å². The number of furan rings is 1. The van der Waals surface area contributed by atoms with E-state index in [1.807, 2.05) is 0 Å². The van der Waals surface area contributed by atoms with Crippen LogP contribution in [0.3, 0.4) is 0 Å². The van der Waals surface area contributed by atoms with Crippen LogP contribution in [-0.2, 0) is 6.54 Å². The summed E-state index contributed by atoms with van der Waals surface area (Å²) in [7, 11) is 0. The monoisotopic (exact) mass is 389 g/mol. The summed E-state index contributed by atoms with van der Waals surface area (Å²) in [5.41, 5.74) is 0.931. The molecule has 0 bridgehead atoms. The minimum Gasteiger partial charge on any atom is -0.467 e. The first-order valence-electron chi connectivity index (χ1n) is 7.54. The molecule has 2 amide bonds. The zero-order valence-electron chi connectivity index (χ0n) is 13.3. The molecule has 2 N–H and O–H groups in total. The molecule has 8 heteroatoms. The molecule has 0 fully saturated rings. The molecule has 0 spiro atoms. The molecule has 0 aliphatic heterocycles. The zero-order valence-corrected chi connectivity index (χ0v) is 14.8. The third-order valence-electron chi connectivity index (χ3n) is 3.39. The van der Waals surface area contributed by atoms with Crippen LogP contribution in [0, 0.1) is 0 Å². The van der Waals surface area contributed by atoms with Gasteiger partial charge in [0.2, 0.25) is 0 Å². The van der Waals surface area contributed by atoms with E-state index in [-0.39, 0.29) is 23.6 Å². The van der Waals surface area contributed by atoms with Gasteiger partial charge < -0.3 is 15.1 Å². The molecule has 0 radical (unpaired) electrons. The van der Waals surface area contributed by atoms with Gasteiger partial charge in [-0.3, -0.25) is 14.6 Å². The predicted molar refractivity (Wildman–Crippen MR) is 98.5 cm³/mol. The Morgan fingerprint density at radius 3 is 2.35 bits per heavy atom. The smallest absolute Gasteiger partial charge is 0.257 e. The Kier molecular flexibility index (Phi) is 5.55. The second-order valence-electron chi connectivity index (χ2n) is 5.34. The molecule has 0 saturated heterocycles. The Hall–Kier alpha value is -2.83. The van der Waals surface area contributed by atoms with Crippen molar-refractivity contribution >= 4 is 40.7 Å². The van der Waals surface area contributed by atoms with Gasteiger partial charge in [-0.15, -0.1) is 0 Å². The fourth-order valence-corrected chi connectivity index (χ4v) is 2.73. The van der Waals surface area contributed by atoms with Gasteiger partial charge in [0, 0.05) is 28.1 Å². The van der Waals surface area contributed by atoms with Crippen LogP contribution in [0.2, 0.25) is 10.0 Å². The number of carbonyl (C=O) groups excluding carboxylic acids is 2. The molecule has 132 valence electrons. The maximum absolute atomic E-state index is 12.4. The van der Waals surface area contributed by atoms with Gasteiger partial charge in [0.1, 0.15) is 5.76 Å². The van der Waals surface area contributed by atoms with E-state index in [9.17, 15) is 9.59 Å². The molecule has 3 aromatic rings. The summed E-state index contributed by atoms with van der Waals surface area (Å²) in [5, 5.41) is 6.16. The number of anilines is 1. The number of hydrogen-bond donors (Lipinski definition) is 2. The number of benzene rings is 1. The van der Waals surface area contributed by atoms with Crippen molar-refractivity contribution in [2.75, 3.05) is 5.32 Å². The standard InChI is InChI=1S/C18H13Cl2N3O3/c19-13-5-14(20)7-15(6-13)23-18(25)12-4-11(8-21-9-12)17(24)22-10-16-2-1-3-26-16/h1-9H,10H2,(H,22,24)(H,23,25). The van der Waals surface area contributed by atoms with Gasteiger partial charge in [0.05, 0.1) is 23.9 Å². The van der Waals surface area contributed by atoms with Crippen molar-refractivity contribution in [3.63, 3.8) is 0 Å². The molecule has 26 heavy (non-hydrogen) atoms. The van der Waals surface area contributed by atoms with Crippen molar-refractivity contribution in [3.05, 3.63) is 82.0 Å². The first kappa shape index (κ1) is 18.0. The van der Waals surface area contributed by atoms with Gasteiger partial charge >= 0.3 is 0 Å². The molecular weight excluding hydrogens is 377 g/mol. The van der Waals surface area contributed by atoms with Crippen LogP contribution in [-0.4, -0.2) is 16.8 Å². The highest BCUT2D eigenvalue weighted by Gasteiger charge is 2.12. The lowest BCUT2D eigenvalue weighted by Crippen LogP contribution is -2.23. The van der Waals surface area contributed by atoms with E-state index in [4.69, 9.17) is 27.6 Å². The number of halogens is 2. The van der Waals surface area contributed by atoms with Gasteiger partial charge in [-0.25, -0.2) is 0 Å². The van der Waals surface area contributed by atoms with Gasteiger partial charge in [0.25, 0.3) is 11.8 Å². The second-order valence-corrected chi connectivity index (χ2v) is 6.21. The number of aromatic nitrogens is 1. The van der Waals surface area contributed by atoms with E-state index in [1.165, 1.54) is 24.7 Å². The van der Waals surface area contributed by atoms with E-state index >= 15 is 0 Å².